The van der Waals surface area contributed by atoms with Crippen molar-refractivity contribution in [3.8, 4) is 0 Å². The lowest BCUT2D eigenvalue weighted by Crippen LogP contribution is -2.38. The summed E-state index contributed by atoms with van der Waals surface area (Å²) in [4.78, 5) is 11.2. The van der Waals surface area contributed by atoms with Crippen LogP contribution in [0.1, 0.15) is 23.2 Å². The number of carbonyl (C=O) groups excluding carboxylic acids is 1. The molecular weight excluding hydrogens is 202 g/mol. The first-order valence-corrected chi connectivity index (χ1v) is 5.63. The summed E-state index contributed by atoms with van der Waals surface area (Å²) in [7, 11) is 0. The molecule has 1 heterocycles. The van der Waals surface area contributed by atoms with Crippen molar-refractivity contribution < 1.29 is 4.79 Å². The maximum Gasteiger partial charge on any atom is 0.250 e. The van der Waals surface area contributed by atoms with Crippen LogP contribution in [0.5, 0.6) is 0 Å². The highest BCUT2D eigenvalue weighted by Gasteiger charge is 2.15. The summed E-state index contributed by atoms with van der Waals surface area (Å²) in [6, 6.07) is 7.76. The van der Waals surface area contributed by atoms with Gasteiger partial charge < -0.3 is 16.4 Å². The Labute approximate surface area is 95.2 Å². The second-order valence-electron chi connectivity index (χ2n) is 4.10. The molecule has 4 N–H and O–H groups in total. The van der Waals surface area contributed by atoms with Crippen molar-refractivity contribution >= 4 is 11.6 Å². The lowest BCUT2D eigenvalue weighted by atomic mass is 10.1. The number of rotatable bonds is 3. The van der Waals surface area contributed by atoms with E-state index in [4.69, 9.17) is 5.73 Å². The fourth-order valence-corrected chi connectivity index (χ4v) is 2.02. The van der Waals surface area contributed by atoms with Crippen molar-refractivity contribution in [2.24, 2.45) is 5.73 Å². The molecule has 1 atom stereocenters. The molecule has 4 nitrogen and oxygen atoms in total. The van der Waals surface area contributed by atoms with Gasteiger partial charge in [-0.15, -0.1) is 0 Å². The van der Waals surface area contributed by atoms with E-state index in [1.54, 1.807) is 6.07 Å². The molecule has 0 saturated carbocycles. The van der Waals surface area contributed by atoms with Crippen molar-refractivity contribution in [2.75, 3.05) is 18.4 Å². The third-order valence-electron chi connectivity index (χ3n) is 2.85. The maximum absolute atomic E-state index is 11.2. The second-order valence-corrected chi connectivity index (χ2v) is 4.10. The van der Waals surface area contributed by atoms with E-state index in [0.717, 1.165) is 31.6 Å². The Kier molecular flexibility index (Phi) is 3.41. The van der Waals surface area contributed by atoms with Crippen molar-refractivity contribution in [3.63, 3.8) is 0 Å². The molecule has 1 saturated heterocycles. The molecule has 1 aliphatic rings. The predicted octanol–water partition coefficient (Wildman–Crippen LogP) is 0.949. The number of para-hydroxylation sites is 1. The van der Waals surface area contributed by atoms with Crippen LogP contribution in [0.2, 0.25) is 0 Å². The number of anilines is 1. The molecule has 1 aromatic rings. The first kappa shape index (κ1) is 11.0. The van der Waals surface area contributed by atoms with Crippen molar-refractivity contribution in [1.29, 1.82) is 0 Å². The number of primary amides is 1. The van der Waals surface area contributed by atoms with Gasteiger partial charge in [-0.1, -0.05) is 12.1 Å². The lowest BCUT2D eigenvalue weighted by molar-refractivity contribution is 0.100. The number of nitrogens with one attached hydrogen (secondary N) is 2. The van der Waals surface area contributed by atoms with Gasteiger partial charge in [-0.3, -0.25) is 4.79 Å². The zero-order valence-corrected chi connectivity index (χ0v) is 9.20. The van der Waals surface area contributed by atoms with Crippen LogP contribution >= 0.6 is 0 Å². The second kappa shape index (κ2) is 4.99. The standard InChI is InChI=1S/C12H17N3O/c13-12(16)10-5-1-2-6-11(10)15-9-4-3-7-14-8-9/h1-2,5-6,9,14-15H,3-4,7-8H2,(H2,13,16). The maximum atomic E-state index is 11.2. The summed E-state index contributed by atoms with van der Waals surface area (Å²) in [5, 5.41) is 6.69. The van der Waals surface area contributed by atoms with Gasteiger partial charge in [-0.2, -0.15) is 0 Å². The van der Waals surface area contributed by atoms with Crippen molar-refractivity contribution in [1.82, 2.24) is 5.32 Å². The summed E-state index contributed by atoms with van der Waals surface area (Å²) in [6.07, 6.45) is 2.29. The van der Waals surface area contributed by atoms with Crippen LogP contribution in [0.15, 0.2) is 24.3 Å². The van der Waals surface area contributed by atoms with Gasteiger partial charge in [0.05, 0.1) is 5.56 Å². The first-order valence-electron chi connectivity index (χ1n) is 5.63. The van der Waals surface area contributed by atoms with Crippen molar-refractivity contribution in [2.45, 2.75) is 18.9 Å². The van der Waals surface area contributed by atoms with Gasteiger partial charge in [0.1, 0.15) is 0 Å². The predicted molar refractivity (Wildman–Crippen MR) is 64.5 cm³/mol. The Bertz CT molecular complexity index is 372. The molecule has 16 heavy (non-hydrogen) atoms. The van der Waals surface area contributed by atoms with E-state index in [2.05, 4.69) is 10.6 Å². The van der Waals surface area contributed by atoms with E-state index in [0.29, 0.717) is 11.6 Å². The zero-order valence-electron chi connectivity index (χ0n) is 9.20. The molecule has 1 fully saturated rings. The molecule has 0 aliphatic carbocycles. The van der Waals surface area contributed by atoms with E-state index in [9.17, 15) is 4.79 Å². The highest BCUT2D eigenvalue weighted by atomic mass is 16.1. The minimum absolute atomic E-state index is 0.383. The number of piperidine rings is 1. The average molecular weight is 219 g/mol. The summed E-state index contributed by atoms with van der Waals surface area (Å²) >= 11 is 0. The summed E-state index contributed by atoms with van der Waals surface area (Å²) in [6.45, 7) is 2.02. The molecule has 0 aromatic heterocycles. The van der Waals surface area contributed by atoms with Crippen LogP contribution in [-0.2, 0) is 0 Å². The highest BCUT2D eigenvalue weighted by Crippen LogP contribution is 2.17. The van der Waals surface area contributed by atoms with Gasteiger partial charge in [0.15, 0.2) is 0 Å². The number of amides is 1. The van der Waals surface area contributed by atoms with Gasteiger partial charge in [0.2, 0.25) is 0 Å². The molecule has 2 rings (SSSR count). The molecule has 1 unspecified atom stereocenters. The Balaban J connectivity index is 2.10. The van der Waals surface area contributed by atoms with Gasteiger partial charge in [0, 0.05) is 18.3 Å². The van der Waals surface area contributed by atoms with Crippen LogP contribution in [0.3, 0.4) is 0 Å². The average Bonchev–Trinajstić information content (AvgIpc) is 2.31. The molecule has 0 spiro atoms. The molecular formula is C12H17N3O. The largest absolute Gasteiger partial charge is 0.380 e. The fourth-order valence-electron chi connectivity index (χ4n) is 2.02. The first-order chi connectivity index (χ1) is 7.77. The minimum atomic E-state index is -0.383. The third-order valence-corrected chi connectivity index (χ3v) is 2.85. The smallest absolute Gasteiger partial charge is 0.250 e. The number of hydrogen-bond acceptors (Lipinski definition) is 3. The fraction of sp³-hybridized carbons (Fsp3) is 0.417. The molecule has 4 heteroatoms. The Hall–Kier alpha value is -1.55. The number of benzene rings is 1. The Morgan fingerprint density at radius 1 is 1.44 bits per heavy atom. The van der Waals surface area contributed by atoms with E-state index >= 15 is 0 Å². The van der Waals surface area contributed by atoms with E-state index in [-0.39, 0.29) is 5.91 Å². The van der Waals surface area contributed by atoms with Gasteiger partial charge >= 0.3 is 0 Å². The lowest BCUT2D eigenvalue weighted by Gasteiger charge is -2.25. The zero-order chi connectivity index (χ0) is 11.4. The van der Waals surface area contributed by atoms with Crippen LogP contribution < -0.4 is 16.4 Å². The van der Waals surface area contributed by atoms with Gasteiger partial charge in [0.25, 0.3) is 5.91 Å². The molecule has 1 aliphatic heterocycles. The SMILES string of the molecule is NC(=O)c1ccccc1NC1CCCNC1. The monoisotopic (exact) mass is 219 g/mol. The van der Waals surface area contributed by atoms with E-state index < -0.39 is 0 Å². The Morgan fingerprint density at radius 2 is 2.25 bits per heavy atom. The number of nitrogens with two attached hydrogens (primary N) is 1. The molecule has 1 amide bonds. The van der Waals surface area contributed by atoms with Gasteiger partial charge in [-0.05, 0) is 31.5 Å². The highest BCUT2D eigenvalue weighted by molar-refractivity contribution is 5.98. The molecule has 1 aromatic carbocycles. The van der Waals surface area contributed by atoms with Crippen LogP contribution in [0.4, 0.5) is 5.69 Å². The van der Waals surface area contributed by atoms with Crippen LogP contribution in [0, 0.1) is 0 Å². The van der Waals surface area contributed by atoms with Crippen molar-refractivity contribution in [3.05, 3.63) is 29.8 Å². The number of carbonyl (C=O) groups is 1. The quantitative estimate of drug-likeness (QED) is 0.709. The molecule has 0 bridgehead atoms. The normalized spacial score (nSPS) is 20.4. The van der Waals surface area contributed by atoms with Gasteiger partial charge in [-0.25, -0.2) is 0 Å². The topological polar surface area (TPSA) is 67.2 Å². The van der Waals surface area contributed by atoms with Crippen LogP contribution in [0.25, 0.3) is 0 Å². The number of hydrogen-bond donors (Lipinski definition) is 3. The van der Waals surface area contributed by atoms with Crippen LogP contribution in [-0.4, -0.2) is 25.0 Å². The third kappa shape index (κ3) is 2.52. The Morgan fingerprint density at radius 3 is 2.94 bits per heavy atom. The summed E-state index contributed by atoms with van der Waals surface area (Å²) < 4.78 is 0. The molecule has 86 valence electrons. The summed E-state index contributed by atoms with van der Waals surface area (Å²) in [5.41, 5.74) is 6.72. The van der Waals surface area contributed by atoms with E-state index in [1.165, 1.54) is 0 Å². The summed E-state index contributed by atoms with van der Waals surface area (Å²) in [5.74, 6) is -0.383. The minimum Gasteiger partial charge on any atom is -0.380 e. The van der Waals surface area contributed by atoms with E-state index in [1.807, 2.05) is 18.2 Å². The molecule has 0 radical (unpaired) electrons.